The molecule has 1 N–H and O–H groups in total. The lowest BCUT2D eigenvalue weighted by molar-refractivity contribution is 0.425. The van der Waals surface area contributed by atoms with Gasteiger partial charge in [0, 0.05) is 32.2 Å². The highest BCUT2D eigenvalue weighted by atomic mass is 15.2. The number of nitrogens with one attached hydrogen (secondary N) is 1. The van der Waals surface area contributed by atoms with Crippen molar-refractivity contribution in [2.24, 2.45) is 0 Å². The summed E-state index contributed by atoms with van der Waals surface area (Å²) in [4.78, 5) is 13.6. The third-order valence-electron chi connectivity index (χ3n) is 4.14. The third kappa shape index (κ3) is 3.99. The fourth-order valence-electron chi connectivity index (χ4n) is 2.90. The molecule has 0 saturated carbocycles. The zero-order valence-electron chi connectivity index (χ0n) is 14.2. The van der Waals surface area contributed by atoms with E-state index < -0.39 is 0 Å². The molecule has 1 aliphatic rings. The molecule has 122 valence electrons. The van der Waals surface area contributed by atoms with Crippen LogP contribution in [0.4, 0.5) is 11.6 Å². The standard InChI is InChI=1S/C18H25N5/c1-14-20-17(19-9-11-22(2)3)12-18(21-14)23-10-8-15-6-4-5-7-16(15)13-23/h4-7,12H,8-11,13H2,1-3H3,(H,19,20,21). The highest BCUT2D eigenvalue weighted by Crippen LogP contribution is 2.24. The maximum atomic E-state index is 4.64. The van der Waals surface area contributed by atoms with Crippen LogP contribution in [0.3, 0.4) is 0 Å². The van der Waals surface area contributed by atoms with Crippen LogP contribution in [0.1, 0.15) is 17.0 Å². The van der Waals surface area contributed by atoms with Crippen LogP contribution in [0.15, 0.2) is 30.3 Å². The largest absolute Gasteiger partial charge is 0.369 e. The zero-order chi connectivity index (χ0) is 16.2. The normalized spacial score (nSPS) is 14.0. The van der Waals surface area contributed by atoms with Crippen LogP contribution in [-0.4, -0.2) is 48.6 Å². The number of aryl methyl sites for hydroxylation is 1. The van der Waals surface area contributed by atoms with Gasteiger partial charge in [-0.25, -0.2) is 9.97 Å². The van der Waals surface area contributed by atoms with Crippen LogP contribution in [0.2, 0.25) is 0 Å². The number of nitrogens with zero attached hydrogens (tertiary/aromatic N) is 4. The SMILES string of the molecule is Cc1nc(NCCN(C)C)cc(N2CCc3ccccc3C2)n1. The second-order valence-electron chi connectivity index (χ2n) is 6.33. The van der Waals surface area contributed by atoms with E-state index in [9.17, 15) is 0 Å². The summed E-state index contributed by atoms with van der Waals surface area (Å²) in [6, 6.07) is 10.7. The summed E-state index contributed by atoms with van der Waals surface area (Å²) in [5.41, 5.74) is 2.86. The number of likely N-dealkylation sites (N-methyl/N-ethyl adjacent to an activating group) is 1. The Hall–Kier alpha value is -2.14. The van der Waals surface area contributed by atoms with Crippen LogP contribution in [0.25, 0.3) is 0 Å². The molecule has 0 amide bonds. The molecule has 0 unspecified atom stereocenters. The van der Waals surface area contributed by atoms with E-state index in [2.05, 4.69) is 69.5 Å². The Bertz CT molecular complexity index is 668. The molecule has 0 bridgehead atoms. The molecule has 0 spiro atoms. The lowest BCUT2D eigenvalue weighted by atomic mass is 10.00. The molecule has 0 fully saturated rings. The van der Waals surface area contributed by atoms with Crippen molar-refractivity contribution in [1.82, 2.24) is 14.9 Å². The van der Waals surface area contributed by atoms with E-state index in [0.29, 0.717) is 0 Å². The number of benzene rings is 1. The van der Waals surface area contributed by atoms with E-state index in [1.54, 1.807) is 0 Å². The zero-order valence-corrected chi connectivity index (χ0v) is 14.2. The van der Waals surface area contributed by atoms with Gasteiger partial charge in [-0.3, -0.25) is 0 Å². The molecule has 1 aromatic heterocycles. The van der Waals surface area contributed by atoms with Crippen molar-refractivity contribution in [3.05, 3.63) is 47.3 Å². The van der Waals surface area contributed by atoms with E-state index in [0.717, 1.165) is 50.1 Å². The van der Waals surface area contributed by atoms with Crippen LogP contribution < -0.4 is 10.2 Å². The molecule has 2 aromatic rings. The summed E-state index contributed by atoms with van der Waals surface area (Å²) in [6.45, 7) is 5.74. The maximum absolute atomic E-state index is 4.64. The monoisotopic (exact) mass is 311 g/mol. The number of hydrogen-bond acceptors (Lipinski definition) is 5. The Kier molecular flexibility index (Phi) is 4.76. The number of rotatable bonds is 5. The highest BCUT2D eigenvalue weighted by molar-refractivity contribution is 5.51. The molecule has 3 rings (SSSR count). The molecular weight excluding hydrogens is 286 g/mol. The molecule has 0 atom stereocenters. The minimum atomic E-state index is 0.814. The van der Waals surface area contributed by atoms with Gasteiger partial charge in [-0.1, -0.05) is 24.3 Å². The topological polar surface area (TPSA) is 44.3 Å². The maximum Gasteiger partial charge on any atom is 0.134 e. The Morgan fingerprint density at radius 3 is 2.74 bits per heavy atom. The molecule has 23 heavy (non-hydrogen) atoms. The van der Waals surface area contributed by atoms with Gasteiger partial charge in [-0.05, 0) is 38.6 Å². The lowest BCUT2D eigenvalue weighted by Gasteiger charge is -2.30. The molecule has 0 saturated heterocycles. The average molecular weight is 311 g/mol. The molecular formula is C18H25N5. The Morgan fingerprint density at radius 1 is 1.17 bits per heavy atom. The van der Waals surface area contributed by atoms with Crippen LogP contribution in [-0.2, 0) is 13.0 Å². The summed E-state index contributed by atoms with van der Waals surface area (Å²) in [7, 11) is 4.15. The van der Waals surface area contributed by atoms with E-state index in [1.807, 2.05) is 6.92 Å². The Labute approximate surface area is 138 Å². The number of anilines is 2. The van der Waals surface area contributed by atoms with E-state index >= 15 is 0 Å². The van der Waals surface area contributed by atoms with Gasteiger partial charge in [0.1, 0.15) is 17.5 Å². The van der Waals surface area contributed by atoms with Crippen molar-refractivity contribution in [3.8, 4) is 0 Å². The first-order valence-electron chi connectivity index (χ1n) is 8.18. The van der Waals surface area contributed by atoms with E-state index in [1.165, 1.54) is 11.1 Å². The van der Waals surface area contributed by atoms with Crippen molar-refractivity contribution in [1.29, 1.82) is 0 Å². The molecule has 0 aliphatic carbocycles. The fourth-order valence-corrected chi connectivity index (χ4v) is 2.90. The minimum Gasteiger partial charge on any atom is -0.369 e. The van der Waals surface area contributed by atoms with Crippen molar-refractivity contribution >= 4 is 11.6 Å². The summed E-state index contributed by atoms with van der Waals surface area (Å²) < 4.78 is 0. The lowest BCUT2D eigenvalue weighted by Crippen LogP contribution is -2.31. The second-order valence-corrected chi connectivity index (χ2v) is 6.33. The fraction of sp³-hybridized carbons (Fsp3) is 0.444. The molecule has 5 heteroatoms. The number of fused-ring (bicyclic) bond motifs is 1. The molecule has 0 radical (unpaired) electrons. The number of aromatic nitrogens is 2. The predicted molar refractivity (Wildman–Crippen MR) is 95.0 cm³/mol. The Balaban J connectivity index is 1.74. The molecule has 5 nitrogen and oxygen atoms in total. The first-order chi connectivity index (χ1) is 11.1. The van der Waals surface area contributed by atoms with Crippen LogP contribution in [0, 0.1) is 6.92 Å². The van der Waals surface area contributed by atoms with E-state index in [-0.39, 0.29) is 0 Å². The van der Waals surface area contributed by atoms with Gasteiger partial charge in [0.15, 0.2) is 0 Å². The summed E-state index contributed by atoms with van der Waals surface area (Å²) in [6.07, 6.45) is 1.07. The van der Waals surface area contributed by atoms with Gasteiger partial charge in [0.05, 0.1) is 0 Å². The average Bonchev–Trinajstić information content (AvgIpc) is 2.53. The van der Waals surface area contributed by atoms with E-state index in [4.69, 9.17) is 0 Å². The highest BCUT2D eigenvalue weighted by Gasteiger charge is 2.18. The molecule has 2 heterocycles. The van der Waals surface area contributed by atoms with Crippen LogP contribution >= 0.6 is 0 Å². The number of hydrogen-bond donors (Lipinski definition) is 1. The van der Waals surface area contributed by atoms with Gasteiger partial charge in [0.2, 0.25) is 0 Å². The summed E-state index contributed by atoms with van der Waals surface area (Å²) in [5.74, 6) is 2.74. The van der Waals surface area contributed by atoms with Gasteiger partial charge in [-0.2, -0.15) is 0 Å². The first kappa shape index (κ1) is 15.7. The summed E-state index contributed by atoms with van der Waals surface area (Å²) in [5, 5.41) is 3.40. The van der Waals surface area contributed by atoms with Crippen molar-refractivity contribution in [2.75, 3.05) is 43.9 Å². The van der Waals surface area contributed by atoms with Crippen molar-refractivity contribution < 1.29 is 0 Å². The van der Waals surface area contributed by atoms with Gasteiger partial charge in [0.25, 0.3) is 0 Å². The smallest absolute Gasteiger partial charge is 0.134 e. The second kappa shape index (κ2) is 6.96. The quantitative estimate of drug-likeness (QED) is 0.918. The molecule has 1 aromatic carbocycles. The molecule has 1 aliphatic heterocycles. The minimum absolute atomic E-state index is 0.814. The van der Waals surface area contributed by atoms with Gasteiger partial charge in [-0.15, -0.1) is 0 Å². The Morgan fingerprint density at radius 2 is 1.96 bits per heavy atom. The third-order valence-corrected chi connectivity index (χ3v) is 4.14. The van der Waals surface area contributed by atoms with Gasteiger partial charge < -0.3 is 15.1 Å². The predicted octanol–water partition coefficient (Wildman–Crippen LogP) is 2.32. The van der Waals surface area contributed by atoms with Gasteiger partial charge >= 0.3 is 0 Å². The van der Waals surface area contributed by atoms with Crippen molar-refractivity contribution in [2.45, 2.75) is 19.9 Å². The van der Waals surface area contributed by atoms with Crippen molar-refractivity contribution in [3.63, 3.8) is 0 Å². The first-order valence-corrected chi connectivity index (χ1v) is 8.18. The van der Waals surface area contributed by atoms with Crippen LogP contribution in [0.5, 0.6) is 0 Å². The summed E-state index contributed by atoms with van der Waals surface area (Å²) >= 11 is 0.